The Hall–Kier alpha value is -1.07. The Balaban J connectivity index is 2.09. The molecule has 0 bridgehead atoms. The summed E-state index contributed by atoms with van der Waals surface area (Å²) in [6.07, 6.45) is 2.88. The van der Waals surface area contributed by atoms with Crippen LogP contribution in [0.15, 0.2) is 22.7 Å². The van der Waals surface area contributed by atoms with Gasteiger partial charge in [-0.2, -0.15) is 0 Å². The van der Waals surface area contributed by atoms with E-state index >= 15 is 0 Å². The van der Waals surface area contributed by atoms with Crippen LogP contribution >= 0.6 is 15.9 Å². The monoisotopic (exact) mass is 354 g/mol. The third-order valence-electron chi connectivity index (χ3n) is 3.79. The molecule has 0 aliphatic carbocycles. The summed E-state index contributed by atoms with van der Waals surface area (Å²) in [7, 11) is 0. The van der Waals surface area contributed by atoms with Crippen molar-refractivity contribution in [2.45, 2.75) is 45.3 Å². The van der Waals surface area contributed by atoms with Gasteiger partial charge in [-0.15, -0.1) is 0 Å². The lowest BCUT2D eigenvalue weighted by Crippen LogP contribution is -2.43. The highest BCUT2D eigenvalue weighted by molar-refractivity contribution is 9.10. The minimum atomic E-state index is -0.491. The highest BCUT2D eigenvalue weighted by Crippen LogP contribution is 2.28. The van der Waals surface area contributed by atoms with Crippen molar-refractivity contribution < 1.29 is 9.53 Å². The number of rotatable bonds is 4. The van der Waals surface area contributed by atoms with Crippen molar-refractivity contribution in [1.82, 2.24) is 4.90 Å². The van der Waals surface area contributed by atoms with Crippen molar-refractivity contribution in [3.05, 3.63) is 28.2 Å². The molecule has 4 nitrogen and oxygen atoms in total. The maximum atomic E-state index is 12.4. The number of nitrogens with two attached hydrogens (primary N) is 1. The average molecular weight is 355 g/mol. The third-order valence-corrected chi connectivity index (χ3v) is 4.28. The summed E-state index contributed by atoms with van der Waals surface area (Å²) in [5, 5.41) is 0. The maximum absolute atomic E-state index is 12.4. The fourth-order valence-electron chi connectivity index (χ4n) is 2.60. The van der Waals surface area contributed by atoms with Crippen LogP contribution in [0.4, 0.5) is 0 Å². The average Bonchev–Trinajstić information content (AvgIpc) is 2.47. The van der Waals surface area contributed by atoms with E-state index in [0.717, 1.165) is 36.0 Å². The van der Waals surface area contributed by atoms with Gasteiger partial charge in [-0.3, -0.25) is 4.79 Å². The quantitative estimate of drug-likeness (QED) is 0.902. The molecule has 5 heteroatoms. The fraction of sp³-hybridized carbons (Fsp3) is 0.562. The Labute approximate surface area is 134 Å². The number of carbonyl (C=O) groups excluding carboxylic acids is 1. The van der Waals surface area contributed by atoms with Gasteiger partial charge in [-0.05, 0) is 45.2 Å². The van der Waals surface area contributed by atoms with Crippen molar-refractivity contribution in [1.29, 1.82) is 0 Å². The number of nitrogens with zero attached hydrogens (tertiary/aromatic N) is 1. The van der Waals surface area contributed by atoms with Crippen LogP contribution in [0.1, 0.15) is 44.7 Å². The molecule has 1 saturated heterocycles. The van der Waals surface area contributed by atoms with Crippen LogP contribution in [0.3, 0.4) is 0 Å². The molecule has 1 heterocycles. The molecule has 1 aromatic rings. The van der Waals surface area contributed by atoms with Gasteiger partial charge in [0.2, 0.25) is 0 Å². The molecule has 1 amide bonds. The number of halogens is 1. The Morgan fingerprint density at radius 3 is 2.57 bits per heavy atom. The molecular formula is C16H23BrN2O2. The van der Waals surface area contributed by atoms with Gasteiger partial charge in [0.15, 0.2) is 6.10 Å². The fourth-order valence-corrected chi connectivity index (χ4v) is 2.94. The number of amides is 1. The summed E-state index contributed by atoms with van der Waals surface area (Å²) in [5.41, 5.74) is 6.88. The zero-order chi connectivity index (χ0) is 15.4. The summed E-state index contributed by atoms with van der Waals surface area (Å²) in [5.74, 6) is 0.738. The van der Waals surface area contributed by atoms with E-state index in [9.17, 15) is 4.79 Å². The van der Waals surface area contributed by atoms with Crippen LogP contribution in [0.2, 0.25) is 0 Å². The number of carbonyl (C=O) groups is 1. The Morgan fingerprint density at radius 1 is 1.29 bits per heavy atom. The van der Waals surface area contributed by atoms with Crippen LogP contribution in [0.25, 0.3) is 0 Å². The van der Waals surface area contributed by atoms with E-state index in [1.54, 1.807) is 0 Å². The number of likely N-dealkylation sites (tertiary alicyclic amines) is 1. The van der Waals surface area contributed by atoms with Crippen LogP contribution < -0.4 is 10.5 Å². The number of hydrogen-bond donors (Lipinski definition) is 1. The van der Waals surface area contributed by atoms with Gasteiger partial charge < -0.3 is 15.4 Å². The van der Waals surface area contributed by atoms with Crippen molar-refractivity contribution in [3.63, 3.8) is 0 Å². The van der Waals surface area contributed by atoms with E-state index in [1.807, 2.05) is 36.9 Å². The van der Waals surface area contributed by atoms with E-state index in [0.29, 0.717) is 5.75 Å². The first-order valence-corrected chi connectivity index (χ1v) is 8.29. The smallest absolute Gasteiger partial charge is 0.263 e. The van der Waals surface area contributed by atoms with Crippen molar-refractivity contribution in [3.8, 4) is 5.75 Å². The molecule has 21 heavy (non-hydrogen) atoms. The minimum Gasteiger partial charge on any atom is -0.481 e. The van der Waals surface area contributed by atoms with Gasteiger partial charge in [0, 0.05) is 29.2 Å². The van der Waals surface area contributed by atoms with Gasteiger partial charge in [0.1, 0.15) is 5.75 Å². The minimum absolute atomic E-state index is 0.0605. The van der Waals surface area contributed by atoms with Crippen molar-refractivity contribution in [2.75, 3.05) is 13.1 Å². The highest BCUT2D eigenvalue weighted by atomic mass is 79.9. The second-order valence-electron chi connectivity index (χ2n) is 5.62. The first-order valence-electron chi connectivity index (χ1n) is 7.49. The summed E-state index contributed by atoms with van der Waals surface area (Å²) < 4.78 is 6.82. The predicted octanol–water partition coefficient (Wildman–Crippen LogP) is 3.25. The first kappa shape index (κ1) is 16.3. The number of ether oxygens (including phenoxy) is 1. The molecule has 1 aromatic carbocycles. The predicted molar refractivity (Wildman–Crippen MR) is 87.3 cm³/mol. The van der Waals surface area contributed by atoms with Gasteiger partial charge >= 0.3 is 0 Å². The molecule has 116 valence electrons. The zero-order valence-corrected chi connectivity index (χ0v) is 14.2. The van der Waals surface area contributed by atoms with Crippen LogP contribution in [-0.4, -0.2) is 30.0 Å². The molecule has 0 aromatic heterocycles. The molecule has 0 saturated carbocycles. The van der Waals surface area contributed by atoms with Gasteiger partial charge in [-0.25, -0.2) is 0 Å². The molecule has 2 atom stereocenters. The number of hydrogen-bond acceptors (Lipinski definition) is 3. The third kappa shape index (κ3) is 4.20. The summed E-state index contributed by atoms with van der Waals surface area (Å²) >= 11 is 3.43. The normalized spacial score (nSPS) is 18.2. The second-order valence-corrected chi connectivity index (χ2v) is 6.53. The van der Waals surface area contributed by atoms with E-state index in [4.69, 9.17) is 10.5 Å². The molecule has 0 radical (unpaired) electrons. The summed E-state index contributed by atoms with van der Waals surface area (Å²) in [4.78, 5) is 14.3. The highest BCUT2D eigenvalue weighted by Gasteiger charge is 2.24. The molecule has 0 spiro atoms. The van der Waals surface area contributed by atoms with E-state index in [2.05, 4.69) is 15.9 Å². The molecule has 1 aliphatic rings. The summed E-state index contributed by atoms with van der Waals surface area (Å²) in [6.45, 7) is 5.40. The molecule has 2 N–H and O–H groups in total. The van der Waals surface area contributed by atoms with E-state index in [-0.39, 0.29) is 11.9 Å². The zero-order valence-electron chi connectivity index (χ0n) is 12.6. The lowest BCUT2D eigenvalue weighted by Gasteiger charge is -2.29. The molecule has 2 unspecified atom stereocenters. The van der Waals surface area contributed by atoms with Gasteiger partial charge in [-0.1, -0.05) is 22.0 Å². The van der Waals surface area contributed by atoms with Gasteiger partial charge in [0.05, 0.1) is 0 Å². The topological polar surface area (TPSA) is 55.6 Å². The lowest BCUT2D eigenvalue weighted by molar-refractivity contribution is -0.138. The van der Waals surface area contributed by atoms with Gasteiger partial charge in [0.25, 0.3) is 5.91 Å². The Morgan fingerprint density at radius 2 is 1.95 bits per heavy atom. The number of benzene rings is 1. The largest absolute Gasteiger partial charge is 0.481 e. The lowest BCUT2D eigenvalue weighted by atomic mass is 10.1. The first-order chi connectivity index (χ1) is 9.99. The van der Waals surface area contributed by atoms with Crippen molar-refractivity contribution in [2.24, 2.45) is 5.73 Å². The van der Waals surface area contributed by atoms with E-state index < -0.39 is 6.10 Å². The van der Waals surface area contributed by atoms with Crippen LogP contribution in [-0.2, 0) is 4.79 Å². The summed E-state index contributed by atoms with van der Waals surface area (Å²) in [6, 6.07) is 5.61. The second kappa shape index (κ2) is 7.27. The molecule has 2 rings (SSSR count). The SMILES string of the molecule is CC(Oc1cc(Br)ccc1C(C)N)C(=O)N1CCCCC1. The van der Waals surface area contributed by atoms with Crippen molar-refractivity contribution >= 4 is 21.8 Å². The van der Waals surface area contributed by atoms with Crippen LogP contribution in [0, 0.1) is 0 Å². The Bertz CT molecular complexity index is 499. The Kier molecular flexibility index (Phi) is 5.65. The number of piperidine rings is 1. The molecule has 1 aliphatic heterocycles. The standard InChI is InChI=1S/C16H23BrN2O2/c1-11(18)14-7-6-13(17)10-15(14)21-12(2)16(20)19-8-4-3-5-9-19/h6-7,10-12H,3-5,8-9,18H2,1-2H3. The molecule has 1 fully saturated rings. The molecular weight excluding hydrogens is 332 g/mol. The van der Waals surface area contributed by atoms with E-state index in [1.165, 1.54) is 6.42 Å². The maximum Gasteiger partial charge on any atom is 0.263 e. The van der Waals surface area contributed by atoms with Crippen LogP contribution in [0.5, 0.6) is 5.75 Å².